The summed E-state index contributed by atoms with van der Waals surface area (Å²) in [6, 6.07) is 19.1. The van der Waals surface area contributed by atoms with Crippen molar-refractivity contribution < 1.29 is 14.4 Å². The minimum absolute atomic E-state index is 0.0281. The number of hydroxylamine groups is 1. The molecule has 224 valence electrons. The number of nitrogens with zero attached hydrogens (tertiary/aromatic N) is 5. The van der Waals surface area contributed by atoms with Gasteiger partial charge >= 0.3 is 6.09 Å². The number of benzene rings is 2. The van der Waals surface area contributed by atoms with Crippen LogP contribution in [0.1, 0.15) is 68.7 Å². The molecule has 2 aliphatic heterocycles. The van der Waals surface area contributed by atoms with Gasteiger partial charge in [-0.05, 0) is 48.3 Å². The molecule has 2 saturated heterocycles. The molecule has 10 heteroatoms. The monoisotopic (exact) mass is 581 g/mol. The number of imidazole rings is 1. The summed E-state index contributed by atoms with van der Waals surface area (Å²) in [5.41, 5.74) is 8.51. The first-order valence-electron chi connectivity index (χ1n) is 15.6. The van der Waals surface area contributed by atoms with Crippen LogP contribution in [-0.4, -0.2) is 45.4 Å². The highest BCUT2D eigenvalue weighted by molar-refractivity contribution is 5.90. The van der Waals surface area contributed by atoms with Crippen molar-refractivity contribution in [2.45, 2.75) is 64.7 Å². The molecule has 1 saturated carbocycles. The Morgan fingerprint density at radius 1 is 1.00 bits per heavy atom. The number of carbonyl (C=O) groups excluding carboxylic acids is 1. The molecule has 0 spiro atoms. The Balaban J connectivity index is 1.43. The van der Waals surface area contributed by atoms with E-state index in [-0.39, 0.29) is 6.04 Å². The van der Waals surface area contributed by atoms with Gasteiger partial charge in [-0.2, -0.15) is 4.98 Å². The molecule has 4 aromatic rings. The van der Waals surface area contributed by atoms with Crippen molar-refractivity contribution in [2.24, 2.45) is 11.8 Å². The molecule has 43 heavy (non-hydrogen) atoms. The predicted octanol–water partition coefficient (Wildman–Crippen LogP) is 5.70. The van der Waals surface area contributed by atoms with Crippen molar-refractivity contribution in [3.8, 4) is 11.3 Å². The second-order valence-corrected chi connectivity index (χ2v) is 12.1. The van der Waals surface area contributed by atoms with Gasteiger partial charge < -0.3 is 19.0 Å². The SMILES string of the molecule is CCc1cccc(-c2nc(C3NOC(=O)N3)nc3nc(N4CCOC[C@H]4c4ccccc4)n(CC4CCC(C)CC4)c23)c1. The molecule has 4 heterocycles. The first-order chi connectivity index (χ1) is 21.1. The summed E-state index contributed by atoms with van der Waals surface area (Å²) in [5, 5.41) is 2.76. The summed E-state index contributed by atoms with van der Waals surface area (Å²) in [6.07, 6.45) is 4.58. The van der Waals surface area contributed by atoms with E-state index < -0.39 is 12.3 Å². The van der Waals surface area contributed by atoms with Crippen molar-refractivity contribution in [1.29, 1.82) is 0 Å². The molecule has 1 amide bonds. The number of rotatable bonds is 7. The lowest BCUT2D eigenvalue weighted by molar-refractivity contribution is 0.0927. The third-order valence-corrected chi connectivity index (χ3v) is 9.14. The molecule has 2 aromatic heterocycles. The van der Waals surface area contributed by atoms with E-state index in [1.807, 2.05) is 6.07 Å². The maximum Gasteiger partial charge on any atom is 0.427 e. The Bertz CT molecular complexity index is 1600. The van der Waals surface area contributed by atoms with Gasteiger partial charge in [-0.1, -0.05) is 75.2 Å². The van der Waals surface area contributed by atoms with Gasteiger partial charge in [0.1, 0.15) is 11.2 Å². The van der Waals surface area contributed by atoms with E-state index in [1.54, 1.807) is 0 Å². The van der Waals surface area contributed by atoms with Crippen LogP contribution in [-0.2, 0) is 22.5 Å². The first kappa shape index (κ1) is 27.8. The molecule has 2 aromatic carbocycles. The Kier molecular flexibility index (Phi) is 7.71. The highest BCUT2D eigenvalue weighted by Crippen LogP contribution is 2.38. The van der Waals surface area contributed by atoms with Crippen LogP contribution in [0.2, 0.25) is 0 Å². The minimum atomic E-state index is -0.668. The fourth-order valence-electron chi connectivity index (χ4n) is 6.67. The Morgan fingerprint density at radius 3 is 2.60 bits per heavy atom. The van der Waals surface area contributed by atoms with Crippen LogP contribution < -0.4 is 15.7 Å². The second kappa shape index (κ2) is 11.9. The molecular weight excluding hydrogens is 542 g/mol. The summed E-state index contributed by atoms with van der Waals surface area (Å²) in [5.74, 6) is 2.62. The van der Waals surface area contributed by atoms with Gasteiger partial charge in [0.15, 0.2) is 17.6 Å². The van der Waals surface area contributed by atoms with Crippen molar-refractivity contribution >= 4 is 23.2 Å². The molecule has 1 aliphatic carbocycles. The summed E-state index contributed by atoms with van der Waals surface area (Å²) in [6.45, 7) is 7.31. The first-order valence-corrected chi connectivity index (χ1v) is 15.6. The van der Waals surface area contributed by atoms with Gasteiger partial charge in [-0.3, -0.25) is 5.32 Å². The number of carbonyl (C=O) groups is 1. The smallest absolute Gasteiger partial charge is 0.377 e. The van der Waals surface area contributed by atoms with Crippen LogP contribution in [0, 0.1) is 11.8 Å². The molecule has 0 radical (unpaired) electrons. The van der Waals surface area contributed by atoms with Gasteiger partial charge in [0.2, 0.25) is 5.95 Å². The molecule has 2 atom stereocenters. The topological polar surface area (TPSA) is 106 Å². The van der Waals surface area contributed by atoms with Crippen LogP contribution in [0.5, 0.6) is 0 Å². The van der Waals surface area contributed by atoms with Crippen LogP contribution in [0.4, 0.5) is 10.7 Å². The lowest BCUT2D eigenvalue weighted by Crippen LogP contribution is -2.41. The maximum absolute atomic E-state index is 11.9. The zero-order chi connectivity index (χ0) is 29.3. The lowest BCUT2D eigenvalue weighted by atomic mass is 9.83. The summed E-state index contributed by atoms with van der Waals surface area (Å²) < 4.78 is 8.39. The average Bonchev–Trinajstić information content (AvgIpc) is 3.65. The number of aryl methyl sites for hydroxylation is 1. The van der Waals surface area contributed by atoms with Crippen molar-refractivity contribution in [3.05, 3.63) is 71.5 Å². The van der Waals surface area contributed by atoms with Gasteiger partial charge in [-0.15, -0.1) is 5.48 Å². The van der Waals surface area contributed by atoms with E-state index in [4.69, 9.17) is 24.5 Å². The molecule has 1 unspecified atom stereocenters. The number of aromatic nitrogens is 4. The third-order valence-electron chi connectivity index (χ3n) is 9.14. The molecule has 3 fully saturated rings. The van der Waals surface area contributed by atoms with Crippen molar-refractivity contribution in [2.75, 3.05) is 24.7 Å². The van der Waals surface area contributed by atoms with Crippen molar-refractivity contribution in [3.63, 3.8) is 0 Å². The number of ether oxygens (including phenoxy) is 1. The number of anilines is 1. The third kappa shape index (κ3) is 5.57. The van der Waals surface area contributed by atoms with E-state index in [1.165, 1.54) is 36.8 Å². The van der Waals surface area contributed by atoms with E-state index in [0.717, 1.165) is 48.2 Å². The van der Waals surface area contributed by atoms with E-state index >= 15 is 0 Å². The fourth-order valence-corrected chi connectivity index (χ4v) is 6.67. The zero-order valence-corrected chi connectivity index (χ0v) is 24.8. The average molecular weight is 582 g/mol. The van der Waals surface area contributed by atoms with E-state index in [9.17, 15) is 4.79 Å². The summed E-state index contributed by atoms with van der Waals surface area (Å²) >= 11 is 0. The van der Waals surface area contributed by atoms with Gasteiger partial charge in [0.25, 0.3) is 0 Å². The van der Waals surface area contributed by atoms with Gasteiger partial charge in [-0.25, -0.2) is 14.8 Å². The van der Waals surface area contributed by atoms with Crippen molar-refractivity contribution in [1.82, 2.24) is 30.3 Å². The zero-order valence-electron chi connectivity index (χ0n) is 24.8. The number of amides is 1. The summed E-state index contributed by atoms with van der Waals surface area (Å²) in [7, 11) is 0. The number of nitrogens with one attached hydrogen (secondary N) is 2. The largest absolute Gasteiger partial charge is 0.427 e. The number of hydrogen-bond donors (Lipinski definition) is 2. The normalized spacial score (nSPS) is 24.2. The Hall–Kier alpha value is -4.02. The highest BCUT2D eigenvalue weighted by atomic mass is 16.7. The molecule has 7 rings (SSSR count). The maximum atomic E-state index is 11.9. The van der Waals surface area contributed by atoms with Gasteiger partial charge in [0.05, 0.1) is 19.3 Å². The van der Waals surface area contributed by atoms with Crippen LogP contribution in [0.15, 0.2) is 54.6 Å². The number of hydrogen-bond acceptors (Lipinski definition) is 8. The molecular formula is C33H39N7O3. The number of morpholine rings is 1. The van der Waals surface area contributed by atoms with Crippen LogP contribution >= 0.6 is 0 Å². The van der Waals surface area contributed by atoms with Gasteiger partial charge in [0, 0.05) is 18.7 Å². The van der Waals surface area contributed by atoms with Crippen LogP contribution in [0.3, 0.4) is 0 Å². The lowest BCUT2D eigenvalue weighted by Gasteiger charge is -2.37. The van der Waals surface area contributed by atoms with E-state index in [0.29, 0.717) is 30.6 Å². The minimum Gasteiger partial charge on any atom is -0.377 e. The van der Waals surface area contributed by atoms with E-state index in [2.05, 4.69) is 82.6 Å². The predicted molar refractivity (Wildman–Crippen MR) is 164 cm³/mol. The standard InChI is InChI=1S/C33H39N7O3/c1-3-22-8-7-11-25(18-22)27-28-29(35-30(34-27)31-37-33(41)43-38-31)36-32(40(28)19-23-14-12-21(2)13-15-23)39-16-17-42-20-26(39)24-9-5-4-6-10-24/h4-11,18,21,23,26,31,38H,3,12-17,19-20H2,1-2H3,(H,37,41)/t21?,23?,26-,31?/m0/s1. The Labute approximate surface area is 251 Å². The van der Waals surface area contributed by atoms with Crippen LogP contribution in [0.25, 0.3) is 22.4 Å². The quantitative estimate of drug-likeness (QED) is 0.286. The second-order valence-electron chi connectivity index (χ2n) is 12.1. The highest BCUT2D eigenvalue weighted by Gasteiger charge is 2.34. The molecule has 10 nitrogen and oxygen atoms in total. The Morgan fingerprint density at radius 2 is 1.84 bits per heavy atom. The number of fused-ring (bicyclic) bond motifs is 1. The molecule has 2 N–H and O–H groups in total. The fraction of sp³-hybridized carbons (Fsp3) is 0.455. The molecule has 0 bridgehead atoms. The molecule has 3 aliphatic rings. The summed E-state index contributed by atoms with van der Waals surface area (Å²) in [4.78, 5) is 34.6.